The number of carbonyl (C=O) groups is 1. The quantitative estimate of drug-likeness (QED) is 0.902. The molecule has 17 heavy (non-hydrogen) atoms. The van der Waals surface area contributed by atoms with Crippen molar-refractivity contribution in [3.63, 3.8) is 0 Å². The molecule has 2 heterocycles. The molecule has 1 saturated heterocycles. The van der Waals surface area contributed by atoms with Gasteiger partial charge in [-0.05, 0) is 25.0 Å². The normalized spacial score (nSPS) is 23.6. The number of anilines is 1. The van der Waals surface area contributed by atoms with E-state index in [4.69, 9.17) is 16.3 Å². The molecule has 92 valence electrons. The van der Waals surface area contributed by atoms with Crippen molar-refractivity contribution in [2.75, 3.05) is 11.9 Å². The van der Waals surface area contributed by atoms with Crippen molar-refractivity contribution < 1.29 is 9.53 Å². The minimum atomic E-state index is -0.0826. The van der Waals surface area contributed by atoms with Gasteiger partial charge in [-0.3, -0.25) is 4.79 Å². The Morgan fingerprint density at radius 3 is 3.24 bits per heavy atom. The van der Waals surface area contributed by atoms with Crippen LogP contribution in [0.5, 0.6) is 0 Å². The molecule has 0 aliphatic carbocycles. The maximum absolute atomic E-state index is 12.0. The Hall–Kier alpha value is -1.13. The number of hydrogen-bond donors (Lipinski definition) is 1. The van der Waals surface area contributed by atoms with Crippen molar-refractivity contribution in [2.24, 2.45) is 5.92 Å². The number of nitrogens with zero attached hydrogens (tertiary/aromatic N) is 1. The second-order valence-corrected chi connectivity index (χ2v) is 4.50. The first-order valence-electron chi connectivity index (χ1n) is 5.74. The second-order valence-electron chi connectivity index (χ2n) is 4.06. The molecule has 0 aromatic carbocycles. The third-order valence-electron chi connectivity index (χ3n) is 2.92. The van der Waals surface area contributed by atoms with Crippen LogP contribution in [0.2, 0.25) is 5.02 Å². The monoisotopic (exact) mass is 254 g/mol. The van der Waals surface area contributed by atoms with E-state index >= 15 is 0 Å². The number of hydrogen-bond acceptors (Lipinski definition) is 3. The lowest BCUT2D eigenvalue weighted by atomic mass is 9.99. The summed E-state index contributed by atoms with van der Waals surface area (Å²) in [5.41, 5.74) is 0. The van der Waals surface area contributed by atoms with Crippen molar-refractivity contribution in [1.82, 2.24) is 4.98 Å². The summed E-state index contributed by atoms with van der Waals surface area (Å²) in [6.45, 7) is 2.67. The minimum absolute atomic E-state index is 0.0224. The molecule has 0 radical (unpaired) electrons. The molecule has 1 aromatic rings. The molecule has 2 rings (SSSR count). The fourth-order valence-electron chi connectivity index (χ4n) is 2.04. The fourth-order valence-corrected chi connectivity index (χ4v) is 2.20. The van der Waals surface area contributed by atoms with E-state index in [1.54, 1.807) is 18.3 Å². The Labute approximate surface area is 105 Å². The van der Waals surface area contributed by atoms with E-state index in [0.717, 1.165) is 12.8 Å². The van der Waals surface area contributed by atoms with Gasteiger partial charge in [0.25, 0.3) is 0 Å². The van der Waals surface area contributed by atoms with E-state index < -0.39 is 0 Å². The Balaban J connectivity index is 2.01. The minimum Gasteiger partial charge on any atom is -0.377 e. The van der Waals surface area contributed by atoms with E-state index in [-0.39, 0.29) is 17.9 Å². The van der Waals surface area contributed by atoms with E-state index in [1.807, 2.05) is 6.92 Å². The summed E-state index contributed by atoms with van der Waals surface area (Å²) >= 11 is 5.83. The zero-order valence-corrected chi connectivity index (χ0v) is 10.4. The van der Waals surface area contributed by atoms with Gasteiger partial charge in [0.2, 0.25) is 5.91 Å². The van der Waals surface area contributed by atoms with Gasteiger partial charge >= 0.3 is 0 Å². The first kappa shape index (κ1) is 12.3. The smallest absolute Gasteiger partial charge is 0.231 e. The standard InChI is InChI=1S/C12H15ClN2O2/c1-2-10-9(4-6-17-10)12(16)15-11-7-8(13)3-5-14-11/h3,5,7,9-10H,2,4,6H2,1H3,(H,14,15,16). The summed E-state index contributed by atoms with van der Waals surface area (Å²) in [6.07, 6.45) is 3.21. The van der Waals surface area contributed by atoms with Crippen LogP contribution in [0.15, 0.2) is 18.3 Å². The third kappa shape index (κ3) is 2.96. The number of amides is 1. The van der Waals surface area contributed by atoms with Crippen molar-refractivity contribution in [2.45, 2.75) is 25.9 Å². The van der Waals surface area contributed by atoms with Gasteiger partial charge in [-0.15, -0.1) is 0 Å². The van der Waals surface area contributed by atoms with Crippen molar-refractivity contribution >= 4 is 23.3 Å². The largest absolute Gasteiger partial charge is 0.377 e. The van der Waals surface area contributed by atoms with Crippen LogP contribution >= 0.6 is 11.6 Å². The Morgan fingerprint density at radius 1 is 1.71 bits per heavy atom. The SMILES string of the molecule is CCC1OCCC1C(=O)Nc1cc(Cl)ccn1. The molecule has 1 N–H and O–H groups in total. The summed E-state index contributed by atoms with van der Waals surface area (Å²) < 4.78 is 5.49. The maximum atomic E-state index is 12.0. The van der Waals surface area contributed by atoms with Gasteiger partial charge in [0.1, 0.15) is 5.82 Å². The molecule has 2 unspecified atom stereocenters. The third-order valence-corrected chi connectivity index (χ3v) is 3.16. The highest BCUT2D eigenvalue weighted by molar-refractivity contribution is 6.30. The molecular formula is C12H15ClN2O2. The number of carbonyl (C=O) groups excluding carboxylic acids is 1. The van der Waals surface area contributed by atoms with Crippen LogP contribution in [0.25, 0.3) is 0 Å². The lowest BCUT2D eigenvalue weighted by Crippen LogP contribution is -2.29. The average molecular weight is 255 g/mol. The highest BCUT2D eigenvalue weighted by Crippen LogP contribution is 2.24. The molecule has 1 aliphatic rings. The van der Waals surface area contributed by atoms with Crippen LogP contribution < -0.4 is 5.32 Å². The van der Waals surface area contributed by atoms with Gasteiger partial charge in [0, 0.05) is 17.8 Å². The van der Waals surface area contributed by atoms with E-state index in [9.17, 15) is 4.79 Å². The zero-order valence-electron chi connectivity index (χ0n) is 9.65. The summed E-state index contributed by atoms with van der Waals surface area (Å²) in [6, 6.07) is 3.31. The molecule has 1 aromatic heterocycles. The molecule has 0 spiro atoms. The average Bonchev–Trinajstić information content (AvgIpc) is 2.77. The number of ether oxygens (including phenoxy) is 1. The number of halogens is 1. The number of aromatic nitrogens is 1. The summed E-state index contributed by atoms with van der Waals surface area (Å²) in [5, 5.41) is 3.33. The lowest BCUT2D eigenvalue weighted by molar-refractivity contribution is -0.121. The lowest BCUT2D eigenvalue weighted by Gasteiger charge is -2.15. The van der Waals surface area contributed by atoms with Gasteiger partial charge < -0.3 is 10.1 Å². The molecule has 1 amide bonds. The zero-order chi connectivity index (χ0) is 12.3. The van der Waals surface area contributed by atoms with Gasteiger partial charge in [-0.25, -0.2) is 4.98 Å². The predicted molar refractivity (Wildman–Crippen MR) is 66.0 cm³/mol. The van der Waals surface area contributed by atoms with Crippen molar-refractivity contribution in [1.29, 1.82) is 0 Å². The number of rotatable bonds is 3. The Morgan fingerprint density at radius 2 is 2.53 bits per heavy atom. The highest BCUT2D eigenvalue weighted by atomic mass is 35.5. The van der Waals surface area contributed by atoms with Gasteiger partial charge in [0.15, 0.2) is 0 Å². The van der Waals surface area contributed by atoms with Crippen LogP contribution in [0.4, 0.5) is 5.82 Å². The predicted octanol–water partition coefficient (Wildman–Crippen LogP) is 2.49. The molecule has 4 nitrogen and oxygen atoms in total. The first-order chi connectivity index (χ1) is 8.20. The van der Waals surface area contributed by atoms with Crippen LogP contribution in [0.3, 0.4) is 0 Å². The molecule has 5 heteroatoms. The van der Waals surface area contributed by atoms with E-state index in [1.165, 1.54) is 0 Å². The Kier molecular flexibility index (Phi) is 3.97. The molecule has 1 aliphatic heterocycles. The van der Waals surface area contributed by atoms with Gasteiger partial charge in [-0.2, -0.15) is 0 Å². The first-order valence-corrected chi connectivity index (χ1v) is 6.12. The molecule has 0 saturated carbocycles. The highest BCUT2D eigenvalue weighted by Gasteiger charge is 2.32. The second kappa shape index (κ2) is 5.47. The number of nitrogens with one attached hydrogen (secondary N) is 1. The van der Waals surface area contributed by atoms with Crippen LogP contribution in [-0.2, 0) is 9.53 Å². The van der Waals surface area contributed by atoms with Crippen LogP contribution in [0, 0.1) is 5.92 Å². The summed E-state index contributed by atoms with van der Waals surface area (Å²) in [4.78, 5) is 16.1. The topological polar surface area (TPSA) is 51.2 Å². The Bertz CT molecular complexity index is 411. The fraction of sp³-hybridized carbons (Fsp3) is 0.500. The van der Waals surface area contributed by atoms with Gasteiger partial charge in [-0.1, -0.05) is 18.5 Å². The van der Waals surface area contributed by atoms with Crippen molar-refractivity contribution in [3.05, 3.63) is 23.4 Å². The molecular weight excluding hydrogens is 240 g/mol. The van der Waals surface area contributed by atoms with E-state index in [2.05, 4.69) is 10.3 Å². The van der Waals surface area contributed by atoms with E-state index in [0.29, 0.717) is 17.4 Å². The van der Waals surface area contributed by atoms with Crippen molar-refractivity contribution in [3.8, 4) is 0 Å². The van der Waals surface area contributed by atoms with Crippen LogP contribution in [0.1, 0.15) is 19.8 Å². The summed E-state index contributed by atoms with van der Waals surface area (Å²) in [5.74, 6) is 0.370. The maximum Gasteiger partial charge on any atom is 0.231 e. The van der Waals surface area contributed by atoms with Gasteiger partial charge in [0.05, 0.1) is 12.0 Å². The molecule has 1 fully saturated rings. The molecule has 0 bridgehead atoms. The number of pyridine rings is 1. The summed E-state index contributed by atoms with van der Waals surface area (Å²) in [7, 11) is 0. The molecule has 2 atom stereocenters. The van der Waals surface area contributed by atoms with Crippen LogP contribution in [-0.4, -0.2) is 23.6 Å².